The van der Waals surface area contributed by atoms with Gasteiger partial charge in [-0.3, -0.25) is 28.5 Å². The van der Waals surface area contributed by atoms with Crippen LogP contribution in [0.15, 0.2) is 12.2 Å². The van der Waals surface area contributed by atoms with Crippen molar-refractivity contribution in [3.63, 3.8) is 0 Å². The van der Waals surface area contributed by atoms with E-state index in [1.807, 2.05) is 6.92 Å². The van der Waals surface area contributed by atoms with Crippen molar-refractivity contribution in [3.8, 4) is 0 Å². The summed E-state index contributed by atoms with van der Waals surface area (Å²) in [5.74, 6) is -4.89. The van der Waals surface area contributed by atoms with Crippen molar-refractivity contribution in [2.45, 2.75) is 99.2 Å². The molecule has 12 heteroatoms. The number of rotatable bonds is 10. The van der Waals surface area contributed by atoms with Crippen molar-refractivity contribution in [1.82, 2.24) is 0 Å². The van der Waals surface area contributed by atoms with Crippen LogP contribution in [-0.2, 0) is 48.0 Å². The van der Waals surface area contributed by atoms with Crippen LogP contribution in [0, 0.1) is 57.2 Å². The number of ketones is 3. The first kappa shape index (κ1) is 33.9. The van der Waals surface area contributed by atoms with E-state index in [1.54, 1.807) is 13.0 Å². The molecule has 0 heterocycles. The molecule has 0 aromatic carbocycles. The maximum Gasteiger partial charge on any atom is 0.397 e. The molecule has 45 heavy (non-hydrogen) atoms. The molecule has 0 amide bonds. The lowest BCUT2D eigenvalue weighted by Gasteiger charge is -2.61. The zero-order chi connectivity index (χ0) is 33.5. The minimum atomic E-state index is -4.84. The topological polar surface area (TPSA) is 167 Å². The highest BCUT2D eigenvalue weighted by atomic mass is 32.3. The number of Topliss-reactive ketones (excluding diaryl/α,β-unsaturated/α-hetero) is 2. The molecule has 4 fully saturated rings. The highest BCUT2D eigenvalue weighted by molar-refractivity contribution is 7.80. The lowest BCUT2D eigenvalue weighted by atomic mass is 9.43. The maximum absolute atomic E-state index is 13.7. The highest BCUT2D eigenvalue weighted by Gasteiger charge is 2.81. The SMILES string of the molecule is CC(=O)O[C@H]1C[C@@]2(C)[C@@H]3CC[C@H]4[C@H](C)C(=O)C=C[C@@]45C[C@@]35CC[C@]2(C)[C@H]1[C@H](C)[C@@H](OC(C)=O)C(=O)C(=O)[C@@H](C)COS(=O)(=O)O. The predicted molar refractivity (Wildman–Crippen MR) is 160 cm³/mol. The molecule has 0 bridgehead atoms. The van der Waals surface area contributed by atoms with E-state index in [1.165, 1.54) is 13.8 Å². The van der Waals surface area contributed by atoms with Gasteiger partial charge in [-0.15, -0.1) is 0 Å². The minimum Gasteiger partial charge on any atom is -0.462 e. The van der Waals surface area contributed by atoms with Crippen LogP contribution in [0.4, 0.5) is 0 Å². The van der Waals surface area contributed by atoms with Crippen molar-refractivity contribution < 1.29 is 50.6 Å². The number of hydrogen-bond donors (Lipinski definition) is 1. The molecule has 2 spiro atoms. The summed E-state index contributed by atoms with van der Waals surface area (Å²) in [5.41, 5.74) is -0.753. The second-order valence-corrected chi connectivity index (χ2v) is 16.2. The number of allylic oxidation sites excluding steroid dienone is 2. The molecule has 5 aliphatic rings. The fourth-order valence-corrected chi connectivity index (χ4v) is 11.4. The summed E-state index contributed by atoms with van der Waals surface area (Å²) in [5, 5.41) is 0. The summed E-state index contributed by atoms with van der Waals surface area (Å²) < 4.78 is 46.9. The lowest BCUT2D eigenvalue weighted by Crippen LogP contribution is -2.56. The molecule has 4 saturated carbocycles. The fourth-order valence-electron chi connectivity index (χ4n) is 11.1. The monoisotopic (exact) mass is 650 g/mol. The van der Waals surface area contributed by atoms with Gasteiger partial charge in [0.1, 0.15) is 6.10 Å². The molecule has 0 aromatic heterocycles. The molecule has 0 radical (unpaired) electrons. The van der Waals surface area contributed by atoms with E-state index in [9.17, 15) is 32.4 Å². The zero-order valence-corrected chi connectivity index (χ0v) is 28.0. The van der Waals surface area contributed by atoms with E-state index >= 15 is 0 Å². The van der Waals surface area contributed by atoms with Crippen LogP contribution in [0.5, 0.6) is 0 Å². The van der Waals surface area contributed by atoms with Gasteiger partial charge in [0.2, 0.25) is 11.6 Å². The summed E-state index contributed by atoms with van der Waals surface area (Å²) in [6, 6.07) is 0. The van der Waals surface area contributed by atoms with Crippen LogP contribution in [0.2, 0.25) is 0 Å². The average molecular weight is 651 g/mol. The summed E-state index contributed by atoms with van der Waals surface area (Å²) >= 11 is 0. The molecule has 5 rings (SSSR count). The average Bonchev–Trinajstić information content (AvgIpc) is 3.55. The Kier molecular flexibility index (Phi) is 8.35. The van der Waals surface area contributed by atoms with E-state index in [-0.39, 0.29) is 33.9 Å². The van der Waals surface area contributed by atoms with E-state index in [0.29, 0.717) is 12.3 Å². The first-order valence-corrected chi connectivity index (χ1v) is 17.4. The van der Waals surface area contributed by atoms with Gasteiger partial charge < -0.3 is 9.47 Å². The Balaban J connectivity index is 1.49. The number of carbonyl (C=O) groups excluding carboxylic acids is 5. The Labute approximate surface area is 265 Å². The molecule has 0 aromatic rings. The minimum absolute atomic E-state index is 0.0140. The quantitative estimate of drug-likeness (QED) is 0.205. The second-order valence-electron chi connectivity index (χ2n) is 15.1. The summed E-state index contributed by atoms with van der Waals surface area (Å²) in [6.07, 6.45) is 7.00. The van der Waals surface area contributed by atoms with Gasteiger partial charge in [0.05, 0.1) is 6.61 Å². The van der Waals surface area contributed by atoms with Crippen molar-refractivity contribution in [2.75, 3.05) is 6.61 Å². The summed E-state index contributed by atoms with van der Waals surface area (Å²) in [7, 11) is -4.84. The highest BCUT2D eigenvalue weighted by Crippen LogP contribution is 2.87. The van der Waals surface area contributed by atoms with Crippen molar-refractivity contribution in [2.24, 2.45) is 57.2 Å². The van der Waals surface area contributed by atoms with Gasteiger partial charge in [-0.2, -0.15) is 8.42 Å². The Morgan fingerprint density at radius 3 is 2.29 bits per heavy atom. The van der Waals surface area contributed by atoms with E-state index in [2.05, 4.69) is 24.1 Å². The molecule has 1 N–H and O–H groups in total. The van der Waals surface area contributed by atoms with E-state index in [4.69, 9.17) is 14.0 Å². The molecule has 0 aliphatic heterocycles. The third kappa shape index (κ3) is 5.13. The smallest absolute Gasteiger partial charge is 0.397 e. The van der Waals surface area contributed by atoms with E-state index < -0.39 is 75.9 Å². The molecule has 5 aliphatic carbocycles. The van der Waals surface area contributed by atoms with Gasteiger partial charge in [-0.05, 0) is 78.1 Å². The molecule has 0 saturated heterocycles. The number of carbonyl (C=O) groups is 5. The number of ether oxygens (including phenoxy) is 2. The molecule has 11 nitrogen and oxygen atoms in total. The van der Waals surface area contributed by atoms with Crippen LogP contribution < -0.4 is 0 Å². The molecular formula is C33H46O11S. The third-order valence-corrected chi connectivity index (χ3v) is 13.5. The number of fused-ring (bicyclic) bond motifs is 2. The Hall–Kier alpha value is -2.44. The predicted octanol–water partition coefficient (Wildman–Crippen LogP) is 4.08. The third-order valence-electron chi connectivity index (χ3n) is 13.1. The molecule has 0 unspecified atom stereocenters. The first-order chi connectivity index (χ1) is 20.7. The molecule has 12 atom stereocenters. The van der Waals surface area contributed by atoms with Gasteiger partial charge in [-0.1, -0.05) is 40.7 Å². The second kappa shape index (κ2) is 11.1. The molecule has 250 valence electrons. The maximum atomic E-state index is 13.7. The van der Waals surface area contributed by atoms with Gasteiger partial charge in [0, 0.05) is 37.5 Å². The Morgan fingerprint density at radius 2 is 1.69 bits per heavy atom. The van der Waals surface area contributed by atoms with Gasteiger partial charge >= 0.3 is 22.3 Å². The van der Waals surface area contributed by atoms with Crippen molar-refractivity contribution >= 4 is 39.7 Å². The van der Waals surface area contributed by atoms with Crippen LogP contribution in [-0.4, -0.2) is 61.1 Å². The van der Waals surface area contributed by atoms with Gasteiger partial charge in [0.15, 0.2) is 11.9 Å². The molecular weight excluding hydrogens is 604 g/mol. The van der Waals surface area contributed by atoms with Crippen molar-refractivity contribution in [3.05, 3.63) is 12.2 Å². The fraction of sp³-hybridized carbons (Fsp3) is 0.788. The first-order valence-electron chi connectivity index (χ1n) is 16.0. The van der Waals surface area contributed by atoms with Crippen LogP contribution in [0.3, 0.4) is 0 Å². The van der Waals surface area contributed by atoms with Gasteiger partial charge in [-0.25, -0.2) is 4.18 Å². The van der Waals surface area contributed by atoms with Gasteiger partial charge in [0.25, 0.3) is 0 Å². The number of hydrogen-bond acceptors (Lipinski definition) is 10. The zero-order valence-electron chi connectivity index (χ0n) is 27.2. The van der Waals surface area contributed by atoms with E-state index in [0.717, 1.165) is 39.0 Å². The van der Waals surface area contributed by atoms with Crippen molar-refractivity contribution in [1.29, 1.82) is 0 Å². The Morgan fingerprint density at radius 1 is 1.02 bits per heavy atom. The lowest BCUT2D eigenvalue weighted by molar-refractivity contribution is -0.169. The van der Waals surface area contributed by atoms with Crippen LogP contribution >= 0.6 is 0 Å². The van der Waals surface area contributed by atoms with Crippen LogP contribution in [0.1, 0.15) is 87.0 Å². The standard InChI is InChI=1S/C33H46O11S/c1-17(15-42-45(39,40)41)27(37)28(38)29(44-21(5)35)19(3)26-24(43-20(4)34)14-31(7)25-9-8-22-18(2)23(36)10-11-32(22)16-33(25,32)13-12-30(26,31)6/h10-11,17-19,22,24-26,29H,8-9,12-16H2,1-7H3,(H,39,40,41)/t17-,18-,19-,22-,24-,25-,26-,29+,30+,31-,32+,33-/m0/s1. The summed E-state index contributed by atoms with van der Waals surface area (Å²) in [4.78, 5) is 64.3. The normalized spacial score (nSPS) is 41.8. The largest absolute Gasteiger partial charge is 0.462 e. The van der Waals surface area contributed by atoms with Crippen LogP contribution in [0.25, 0.3) is 0 Å². The Bertz CT molecular complexity index is 1450. The summed E-state index contributed by atoms with van der Waals surface area (Å²) in [6.45, 7) is 11.2. The number of esters is 2.